The van der Waals surface area contributed by atoms with Crippen LogP contribution in [-0.4, -0.2) is 18.9 Å². The minimum absolute atomic E-state index is 0.0975. The number of anilines is 2. The van der Waals surface area contributed by atoms with Crippen LogP contribution in [0.4, 0.5) is 20.2 Å². The monoisotopic (exact) mass is 346 g/mol. The fourth-order valence-electron chi connectivity index (χ4n) is 2.50. The van der Waals surface area contributed by atoms with E-state index in [4.69, 9.17) is 4.74 Å². The maximum absolute atomic E-state index is 13.3. The molecule has 3 rings (SSSR count). The van der Waals surface area contributed by atoms with Crippen molar-refractivity contribution < 1.29 is 23.1 Å². The molecule has 1 saturated carbocycles. The number of carbonyl (C=O) groups is 2. The molecule has 0 unspecified atom stereocenters. The Morgan fingerprint density at radius 2 is 1.68 bits per heavy atom. The molecule has 2 amide bonds. The van der Waals surface area contributed by atoms with Gasteiger partial charge in [-0.1, -0.05) is 12.1 Å². The molecule has 130 valence electrons. The van der Waals surface area contributed by atoms with Gasteiger partial charge in [-0.3, -0.25) is 9.59 Å². The molecule has 0 aliphatic heterocycles. The van der Waals surface area contributed by atoms with Gasteiger partial charge in [-0.15, -0.1) is 0 Å². The number of nitrogens with one attached hydrogen (secondary N) is 2. The highest BCUT2D eigenvalue weighted by molar-refractivity contribution is 6.17. The van der Waals surface area contributed by atoms with Gasteiger partial charge in [0, 0.05) is 11.8 Å². The summed E-state index contributed by atoms with van der Waals surface area (Å²) in [6.07, 6.45) is 0.757. The molecule has 0 aromatic heterocycles. The minimum Gasteiger partial charge on any atom is -0.495 e. The first-order valence-electron chi connectivity index (χ1n) is 7.67. The van der Waals surface area contributed by atoms with Gasteiger partial charge in [0.1, 0.15) is 11.2 Å². The number of methoxy groups -OCH3 is 1. The highest BCUT2D eigenvalue weighted by Crippen LogP contribution is 2.48. The van der Waals surface area contributed by atoms with Crippen molar-refractivity contribution in [1.29, 1.82) is 0 Å². The molecule has 1 fully saturated rings. The first kappa shape index (κ1) is 16.9. The third-order valence-electron chi connectivity index (χ3n) is 4.15. The van der Waals surface area contributed by atoms with E-state index in [0.717, 1.165) is 12.1 Å². The van der Waals surface area contributed by atoms with E-state index in [0.29, 0.717) is 24.3 Å². The van der Waals surface area contributed by atoms with E-state index >= 15 is 0 Å². The van der Waals surface area contributed by atoms with Crippen LogP contribution in [0, 0.1) is 17.0 Å². The summed E-state index contributed by atoms with van der Waals surface area (Å²) in [5.74, 6) is -2.61. The second-order valence-corrected chi connectivity index (χ2v) is 5.82. The molecule has 7 heteroatoms. The fraction of sp³-hybridized carbons (Fsp3) is 0.222. The van der Waals surface area contributed by atoms with E-state index < -0.39 is 28.9 Å². The van der Waals surface area contributed by atoms with Gasteiger partial charge in [-0.2, -0.15) is 0 Å². The van der Waals surface area contributed by atoms with Gasteiger partial charge in [-0.05, 0) is 37.1 Å². The van der Waals surface area contributed by atoms with Crippen molar-refractivity contribution in [1.82, 2.24) is 0 Å². The lowest BCUT2D eigenvalue weighted by Gasteiger charge is -2.17. The van der Waals surface area contributed by atoms with E-state index in [-0.39, 0.29) is 5.69 Å². The number of hydrogen-bond donors (Lipinski definition) is 2. The lowest BCUT2D eigenvalue weighted by molar-refractivity contribution is -0.131. The molecule has 0 radical (unpaired) electrons. The van der Waals surface area contributed by atoms with E-state index in [1.165, 1.54) is 13.2 Å². The van der Waals surface area contributed by atoms with Crippen molar-refractivity contribution in [3.63, 3.8) is 0 Å². The van der Waals surface area contributed by atoms with Gasteiger partial charge in [0.25, 0.3) is 0 Å². The van der Waals surface area contributed by atoms with Crippen molar-refractivity contribution in [3.05, 3.63) is 54.1 Å². The number of hydrogen-bond acceptors (Lipinski definition) is 3. The highest BCUT2D eigenvalue weighted by Gasteiger charge is 2.56. The third kappa shape index (κ3) is 3.31. The molecule has 2 aromatic rings. The molecule has 0 heterocycles. The van der Waals surface area contributed by atoms with Crippen molar-refractivity contribution >= 4 is 23.2 Å². The largest absolute Gasteiger partial charge is 0.495 e. The summed E-state index contributed by atoms with van der Waals surface area (Å²) >= 11 is 0. The molecule has 2 N–H and O–H groups in total. The Kier molecular flexibility index (Phi) is 4.39. The first-order valence-corrected chi connectivity index (χ1v) is 7.67. The van der Waals surface area contributed by atoms with Gasteiger partial charge in [0.15, 0.2) is 11.6 Å². The summed E-state index contributed by atoms with van der Waals surface area (Å²) in [5, 5.41) is 5.16. The van der Waals surface area contributed by atoms with Crippen LogP contribution in [0.3, 0.4) is 0 Å². The zero-order valence-electron chi connectivity index (χ0n) is 13.4. The van der Waals surface area contributed by atoms with E-state index in [1.807, 2.05) is 0 Å². The molecule has 5 nitrogen and oxygen atoms in total. The maximum Gasteiger partial charge on any atom is 0.240 e. The Morgan fingerprint density at radius 3 is 2.32 bits per heavy atom. The second kappa shape index (κ2) is 6.51. The third-order valence-corrected chi connectivity index (χ3v) is 4.15. The van der Waals surface area contributed by atoms with E-state index in [9.17, 15) is 18.4 Å². The molecule has 0 saturated heterocycles. The van der Waals surface area contributed by atoms with E-state index in [2.05, 4.69) is 10.6 Å². The van der Waals surface area contributed by atoms with Gasteiger partial charge >= 0.3 is 0 Å². The quantitative estimate of drug-likeness (QED) is 0.816. The average molecular weight is 346 g/mol. The smallest absolute Gasteiger partial charge is 0.240 e. The summed E-state index contributed by atoms with van der Waals surface area (Å²) in [6, 6.07) is 9.89. The summed E-state index contributed by atoms with van der Waals surface area (Å²) in [7, 11) is 1.48. The zero-order valence-corrected chi connectivity index (χ0v) is 13.4. The Morgan fingerprint density at radius 1 is 1.00 bits per heavy atom. The van der Waals surface area contributed by atoms with Crippen LogP contribution in [-0.2, 0) is 9.59 Å². The highest BCUT2D eigenvalue weighted by atomic mass is 19.2. The number of amides is 2. The Balaban J connectivity index is 1.73. The fourth-order valence-corrected chi connectivity index (χ4v) is 2.50. The van der Waals surface area contributed by atoms with Crippen LogP contribution in [0.5, 0.6) is 5.75 Å². The Labute approximate surface area is 143 Å². The number of ether oxygens (including phenoxy) is 1. The van der Waals surface area contributed by atoms with Gasteiger partial charge in [-0.25, -0.2) is 8.78 Å². The Bertz CT molecular complexity index is 835. The predicted molar refractivity (Wildman–Crippen MR) is 88.3 cm³/mol. The number of benzene rings is 2. The maximum atomic E-state index is 13.3. The average Bonchev–Trinajstić information content (AvgIpc) is 3.40. The van der Waals surface area contributed by atoms with Crippen molar-refractivity contribution in [2.24, 2.45) is 5.41 Å². The molecule has 1 aliphatic carbocycles. The molecule has 0 bridgehead atoms. The number of rotatable bonds is 5. The molecular formula is C18H16F2N2O3. The summed E-state index contributed by atoms with van der Waals surface area (Å²) in [6.45, 7) is 0. The van der Waals surface area contributed by atoms with Gasteiger partial charge in [0.2, 0.25) is 11.8 Å². The van der Waals surface area contributed by atoms with Crippen LogP contribution >= 0.6 is 0 Å². The van der Waals surface area contributed by atoms with Crippen molar-refractivity contribution in [3.8, 4) is 5.75 Å². The van der Waals surface area contributed by atoms with Crippen LogP contribution in [0.15, 0.2) is 42.5 Å². The van der Waals surface area contributed by atoms with Crippen molar-refractivity contribution in [2.45, 2.75) is 12.8 Å². The second-order valence-electron chi connectivity index (χ2n) is 5.82. The number of para-hydroxylation sites is 2. The van der Waals surface area contributed by atoms with Gasteiger partial charge < -0.3 is 15.4 Å². The lowest BCUT2D eigenvalue weighted by atomic mass is 10.0. The first-order chi connectivity index (χ1) is 12.0. The number of carbonyl (C=O) groups excluding carboxylic acids is 2. The predicted octanol–water partition coefficient (Wildman–Crippen LogP) is 3.33. The summed E-state index contributed by atoms with van der Waals surface area (Å²) in [5.41, 5.74) is -0.659. The zero-order chi connectivity index (χ0) is 18.0. The van der Waals surface area contributed by atoms with Crippen molar-refractivity contribution in [2.75, 3.05) is 17.7 Å². The van der Waals surface area contributed by atoms with Crippen LogP contribution in [0.1, 0.15) is 12.8 Å². The lowest BCUT2D eigenvalue weighted by Crippen LogP contribution is -2.35. The molecule has 25 heavy (non-hydrogen) atoms. The van der Waals surface area contributed by atoms with Crippen LogP contribution in [0.2, 0.25) is 0 Å². The minimum atomic E-state index is -1.22. The Hall–Kier alpha value is -2.96. The molecule has 0 atom stereocenters. The normalized spacial score (nSPS) is 14.5. The van der Waals surface area contributed by atoms with Gasteiger partial charge in [0.05, 0.1) is 12.8 Å². The standard InChI is InChI=1S/C18H16F2N2O3/c1-25-15-5-3-2-4-14(15)22-17(24)18(8-9-18)16(23)21-11-6-7-12(19)13(20)10-11/h2-7,10H,8-9H2,1H3,(H,21,23)(H,22,24). The summed E-state index contributed by atoms with van der Waals surface area (Å²) in [4.78, 5) is 25.0. The van der Waals surface area contributed by atoms with E-state index in [1.54, 1.807) is 24.3 Å². The number of halogens is 2. The van der Waals surface area contributed by atoms with Crippen LogP contribution < -0.4 is 15.4 Å². The van der Waals surface area contributed by atoms with Crippen LogP contribution in [0.25, 0.3) is 0 Å². The molecular weight excluding hydrogens is 330 g/mol. The summed E-state index contributed by atoms with van der Waals surface area (Å²) < 4.78 is 31.4. The molecule has 2 aromatic carbocycles. The molecule has 0 spiro atoms. The SMILES string of the molecule is COc1ccccc1NC(=O)C1(C(=O)Nc2ccc(F)c(F)c2)CC1. The topological polar surface area (TPSA) is 67.4 Å². The molecule has 1 aliphatic rings.